The van der Waals surface area contributed by atoms with Crippen LogP contribution >= 0.6 is 23.1 Å². The van der Waals surface area contributed by atoms with E-state index in [1.54, 1.807) is 28.4 Å². The first-order valence-electron chi connectivity index (χ1n) is 6.72. The summed E-state index contributed by atoms with van der Waals surface area (Å²) < 4.78 is 3.63. The van der Waals surface area contributed by atoms with Crippen LogP contribution in [0.2, 0.25) is 0 Å². The summed E-state index contributed by atoms with van der Waals surface area (Å²) in [7, 11) is 2.00. The Morgan fingerprint density at radius 2 is 2.14 bits per heavy atom. The van der Waals surface area contributed by atoms with Crippen LogP contribution in [0.3, 0.4) is 0 Å². The zero-order chi connectivity index (χ0) is 15.1. The van der Waals surface area contributed by atoms with Crippen molar-refractivity contribution in [3.05, 3.63) is 58.0 Å². The van der Waals surface area contributed by atoms with Crippen LogP contribution < -0.4 is 5.56 Å². The number of para-hydroxylation sites is 2. The number of imidazole rings is 1. The highest BCUT2D eigenvalue weighted by molar-refractivity contribution is 7.98. The van der Waals surface area contributed by atoms with E-state index in [9.17, 15) is 4.79 Å². The lowest BCUT2D eigenvalue weighted by molar-refractivity contribution is 0.814. The van der Waals surface area contributed by atoms with E-state index >= 15 is 0 Å². The fourth-order valence-corrected chi connectivity index (χ4v) is 3.97. The van der Waals surface area contributed by atoms with E-state index in [0.29, 0.717) is 5.75 Å². The maximum Gasteiger partial charge on any atom is 0.258 e. The van der Waals surface area contributed by atoms with Gasteiger partial charge in [-0.1, -0.05) is 23.9 Å². The van der Waals surface area contributed by atoms with Gasteiger partial charge in [0.15, 0.2) is 10.1 Å². The van der Waals surface area contributed by atoms with Crippen LogP contribution in [0.5, 0.6) is 0 Å². The average Bonchev–Trinajstić information content (AvgIpc) is 3.11. The zero-order valence-electron chi connectivity index (χ0n) is 11.8. The number of rotatable bonds is 3. The summed E-state index contributed by atoms with van der Waals surface area (Å²) in [5.74, 6) is 0.626. The second kappa shape index (κ2) is 5.26. The van der Waals surface area contributed by atoms with E-state index in [0.717, 1.165) is 26.8 Å². The lowest BCUT2D eigenvalue weighted by Crippen LogP contribution is -2.12. The second-order valence-electron chi connectivity index (χ2n) is 4.87. The first-order valence-corrected chi connectivity index (χ1v) is 8.59. The SMILES string of the molecule is Cn1c(SCc2cc(=O)n3ccsc3n2)nc2ccccc21. The van der Waals surface area contributed by atoms with Crippen molar-refractivity contribution < 1.29 is 0 Å². The van der Waals surface area contributed by atoms with Gasteiger partial charge in [-0.15, -0.1) is 11.3 Å². The number of fused-ring (bicyclic) bond motifs is 2. The van der Waals surface area contributed by atoms with Crippen molar-refractivity contribution in [2.24, 2.45) is 7.05 Å². The maximum absolute atomic E-state index is 12.0. The van der Waals surface area contributed by atoms with Gasteiger partial charge in [0.25, 0.3) is 5.56 Å². The van der Waals surface area contributed by atoms with Gasteiger partial charge in [0.2, 0.25) is 0 Å². The molecule has 4 aromatic rings. The molecule has 4 rings (SSSR count). The Morgan fingerprint density at radius 3 is 3.00 bits per heavy atom. The minimum Gasteiger partial charge on any atom is -0.322 e. The fourth-order valence-electron chi connectivity index (χ4n) is 2.35. The van der Waals surface area contributed by atoms with Gasteiger partial charge in [0.1, 0.15) is 0 Å². The molecular weight excluding hydrogens is 316 g/mol. The van der Waals surface area contributed by atoms with Gasteiger partial charge in [-0.05, 0) is 12.1 Å². The molecule has 0 N–H and O–H groups in total. The highest BCUT2D eigenvalue weighted by atomic mass is 32.2. The third-order valence-electron chi connectivity index (χ3n) is 3.45. The topological polar surface area (TPSA) is 52.2 Å². The first-order chi connectivity index (χ1) is 10.7. The number of aromatic nitrogens is 4. The van der Waals surface area contributed by atoms with Crippen molar-refractivity contribution in [2.45, 2.75) is 10.9 Å². The summed E-state index contributed by atoms with van der Waals surface area (Å²) in [5, 5.41) is 2.79. The molecule has 22 heavy (non-hydrogen) atoms. The van der Waals surface area contributed by atoms with E-state index in [1.807, 2.05) is 30.6 Å². The van der Waals surface area contributed by atoms with Gasteiger partial charge in [0, 0.05) is 30.4 Å². The minimum atomic E-state index is -0.0353. The van der Waals surface area contributed by atoms with E-state index in [2.05, 4.69) is 20.6 Å². The standard InChI is InChI=1S/C15H12N4OS2/c1-18-12-5-3-2-4-11(12)17-14(18)22-9-10-8-13(20)19-6-7-21-15(19)16-10/h2-8H,9H2,1H3. The van der Waals surface area contributed by atoms with E-state index < -0.39 is 0 Å². The smallest absolute Gasteiger partial charge is 0.258 e. The minimum absolute atomic E-state index is 0.0353. The van der Waals surface area contributed by atoms with Crippen LogP contribution in [0.1, 0.15) is 5.69 Å². The molecule has 1 aromatic carbocycles. The molecule has 0 saturated heterocycles. The van der Waals surface area contributed by atoms with Gasteiger partial charge in [-0.2, -0.15) is 0 Å². The Labute approximate surface area is 134 Å². The molecule has 0 aliphatic heterocycles. The quantitative estimate of drug-likeness (QED) is 0.543. The van der Waals surface area contributed by atoms with Gasteiger partial charge in [-0.25, -0.2) is 9.97 Å². The van der Waals surface area contributed by atoms with Crippen molar-refractivity contribution in [1.29, 1.82) is 0 Å². The maximum atomic E-state index is 12.0. The Balaban J connectivity index is 1.65. The largest absolute Gasteiger partial charge is 0.322 e. The van der Waals surface area contributed by atoms with Crippen LogP contribution in [0.15, 0.2) is 51.9 Å². The van der Waals surface area contributed by atoms with Crippen LogP contribution in [0, 0.1) is 0 Å². The lowest BCUT2D eigenvalue weighted by atomic mass is 10.3. The third-order valence-corrected chi connectivity index (χ3v) is 5.27. The van der Waals surface area contributed by atoms with Gasteiger partial charge < -0.3 is 4.57 Å². The molecule has 7 heteroatoms. The Bertz CT molecular complexity index is 1030. The normalized spacial score (nSPS) is 11.5. The number of benzene rings is 1. The van der Waals surface area contributed by atoms with Crippen molar-refractivity contribution in [2.75, 3.05) is 0 Å². The molecule has 0 spiro atoms. The average molecular weight is 328 g/mol. The van der Waals surface area contributed by atoms with Crippen LogP contribution in [-0.2, 0) is 12.8 Å². The number of hydrogen-bond acceptors (Lipinski definition) is 5. The molecule has 0 atom stereocenters. The molecule has 0 fully saturated rings. The third kappa shape index (κ3) is 2.22. The first kappa shape index (κ1) is 13.5. The molecule has 3 aromatic heterocycles. The van der Waals surface area contributed by atoms with E-state index in [-0.39, 0.29) is 5.56 Å². The second-order valence-corrected chi connectivity index (χ2v) is 6.69. The summed E-state index contributed by atoms with van der Waals surface area (Å²) >= 11 is 3.06. The van der Waals surface area contributed by atoms with Crippen molar-refractivity contribution in [3.63, 3.8) is 0 Å². The number of thioether (sulfide) groups is 1. The number of thiazole rings is 1. The van der Waals surface area contributed by atoms with E-state index in [1.165, 1.54) is 11.3 Å². The van der Waals surface area contributed by atoms with Gasteiger partial charge >= 0.3 is 0 Å². The molecule has 0 aliphatic rings. The Morgan fingerprint density at radius 1 is 1.27 bits per heavy atom. The summed E-state index contributed by atoms with van der Waals surface area (Å²) in [6, 6.07) is 9.63. The molecule has 5 nitrogen and oxygen atoms in total. The molecule has 3 heterocycles. The van der Waals surface area contributed by atoms with Gasteiger partial charge in [-0.3, -0.25) is 9.20 Å². The predicted octanol–water partition coefficient (Wildman–Crippen LogP) is 2.94. The van der Waals surface area contributed by atoms with Crippen molar-refractivity contribution in [1.82, 2.24) is 18.9 Å². The molecular formula is C15H12N4OS2. The van der Waals surface area contributed by atoms with Crippen LogP contribution in [0.25, 0.3) is 16.0 Å². The molecule has 0 aliphatic carbocycles. The monoisotopic (exact) mass is 328 g/mol. The van der Waals surface area contributed by atoms with Gasteiger partial charge in [0.05, 0.1) is 16.7 Å². The molecule has 0 unspecified atom stereocenters. The predicted molar refractivity (Wildman–Crippen MR) is 89.6 cm³/mol. The van der Waals surface area contributed by atoms with E-state index in [4.69, 9.17) is 0 Å². The summed E-state index contributed by atoms with van der Waals surface area (Å²) in [6.45, 7) is 0. The van der Waals surface area contributed by atoms with Crippen LogP contribution in [-0.4, -0.2) is 18.9 Å². The number of aryl methyl sites for hydroxylation is 1. The molecule has 0 bridgehead atoms. The highest BCUT2D eigenvalue weighted by Gasteiger charge is 2.09. The molecule has 110 valence electrons. The summed E-state index contributed by atoms with van der Waals surface area (Å²) in [5.41, 5.74) is 2.83. The molecule has 0 radical (unpaired) electrons. The Kier molecular flexibility index (Phi) is 3.24. The zero-order valence-corrected chi connectivity index (χ0v) is 13.4. The number of nitrogens with zero attached hydrogens (tertiary/aromatic N) is 4. The fraction of sp³-hybridized carbons (Fsp3) is 0.133. The lowest BCUT2D eigenvalue weighted by Gasteiger charge is -2.02. The highest BCUT2D eigenvalue weighted by Crippen LogP contribution is 2.25. The van der Waals surface area contributed by atoms with Crippen molar-refractivity contribution >= 4 is 39.1 Å². The Hall–Kier alpha value is -2.12. The molecule has 0 saturated carbocycles. The summed E-state index contributed by atoms with van der Waals surface area (Å²) in [4.78, 5) is 21.8. The summed E-state index contributed by atoms with van der Waals surface area (Å²) in [6.07, 6.45) is 1.75. The van der Waals surface area contributed by atoms with Crippen molar-refractivity contribution in [3.8, 4) is 0 Å². The number of hydrogen-bond donors (Lipinski definition) is 0. The molecule has 0 amide bonds. The van der Waals surface area contributed by atoms with Crippen LogP contribution in [0.4, 0.5) is 0 Å².